The van der Waals surface area contributed by atoms with Crippen LogP contribution in [0.2, 0.25) is 0 Å². The second-order valence-electron chi connectivity index (χ2n) is 4.79. The van der Waals surface area contributed by atoms with Gasteiger partial charge in [-0.1, -0.05) is 20.8 Å². The molecule has 6 heteroatoms. The summed E-state index contributed by atoms with van der Waals surface area (Å²) in [6.45, 7) is 6.60. The maximum Gasteiger partial charge on any atom is 0.200 e. The second kappa shape index (κ2) is 11.3. The van der Waals surface area contributed by atoms with Crippen LogP contribution >= 0.6 is 35.3 Å². The standard InChI is InChI=1S/C17H28O3S3/c1-6-21-15(11-16(22-7-2)23-8-3)12-9-13(19-4)17(18)14(10-12)20-5/h9-10,15-16,18H,6-8,11H2,1-5H3. The highest BCUT2D eigenvalue weighted by molar-refractivity contribution is 8.17. The Balaban J connectivity index is 3.08. The van der Waals surface area contributed by atoms with Crippen molar-refractivity contribution in [3.8, 4) is 17.2 Å². The van der Waals surface area contributed by atoms with Crippen LogP contribution in [-0.2, 0) is 0 Å². The van der Waals surface area contributed by atoms with Gasteiger partial charge in [0.25, 0.3) is 0 Å². The summed E-state index contributed by atoms with van der Waals surface area (Å²) in [5.74, 6) is 4.33. The molecule has 0 fully saturated rings. The lowest BCUT2D eigenvalue weighted by atomic mass is 10.1. The van der Waals surface area contributed by atoms with Crippen LogP contribution in [0, 0.1) is 0 Å². The van der Waals surface area contributed by atoms with Gasteiger partial charge in [0.15, 0.2) is 11.5 Å². The summed E-state index contributed by atoms with van der Waals surface area (Å²) in [6.07, 6.45) is 1.09. The normalized spacial score (nSPS) is 12.4. The van der Waals surface area contributed by atoms with Crippen LogP contribution in [0.1, 0.15) is 38.0 Å². The number of methoxy groups -OCH3 is 2. The first-order chi connectivity index (χ1) is 11.1. The maximum atomic E-state index is 10.1. The number of ether oxygens (including phenoxy) is 2. The van der Waals surface area contributed by atoms with E-state index in [0.29, 0.717) is 21.3 Å². The molecule has 0 radical (unpaired) electrons. The van der Waals surface area contributed by atoms with Crippen molar-refractivity contribution in [1.29, 1.82) is 0 Å². The fourth-order valence-electron chi connectivity index (χ4n) is 2.33. The van der Waals surface area contributed by atoms with Crippen molar-refractivity contribution in [1.82, 2.24) is 0 Å². The van der Waals surface area contributed by atoms with Crippen molar-refractivity contribution >= 4 is 35.3 Å². The minimum absolute atomic E-state index is 0.0708. The van der Waals surface area contributed by atoms with E-state index in [1.54, 1.807) is 14.2 Å². The van der Waals surface area contributed by atoms with Crippen molar-refractivity contribution in [3.63, 3.8) is 0 Å². The van der Waals surface area contributed by atoms with Gasteiger partial charge >= 0.3 is 0 Å². The van der Waals surface area contributed by atoms with Gasteiger partial charge in [-0.2, -0.15) is 11.8 Å². The van der Waals surface area contributed by atoms with E-state index < -0.39 is 0 Å². The molecule has 0 aliphatic carbocycles. The molecule has 1 unspecified atom stereocenters. The Kier molecular flexibility index (Phi) is 10.1. The van der Waals surface area contributed by atoms with Crippen LogP contribution in [0.4, 0.5) is 0 Å². The molecular formula is C17H28O3S3. The smallest absolute Gasteiger partial charge is 0.200 e. The number of benzene rings is 1. The average Bonchev–Trinajstić information content (AvgIpc) is 2.55. The lowest BCUT2D eigenvalue weighted by Gasteiger charge is -2.23. The second-order valence-corrected chi connectivity index (χ2v) is 9.53. The first-order valence-corrected chi connectivity index (χ1v) is 11.0. The molecule has 0 bridgehead atoms. The molecule has 0 heterocycles. The molecule has 1 N–H and O–H groups in total. The first-order valence-electron chi connectivity index (χ1n) is 7.90. The summed E-state index contributed by atoms with van der Waals surface area (Å²) in [5, 5.41) is 10.5. The van der Waals surface area contributed by atoms with Crippen molar-refractivity contribution < 1.29 is 14.6 Å². The number of hydrogen-bond acceptors (Lipinski definition) is 6. The highest BCUT2D eigenvalue weighted by Crippen LogP contribution is 2.45. The quantitative estimate of drug-likeness (QED) is 0.519. The minimum Gasteiger partial charge on any atom is -0.502 e. The molecule has 132 valence electrons. The van der Waals surface area contributed by atoms with Crippen molar-refractivity contribution in [2.45, 2.75) is 37.0 Å². The Morgan fingerprint density at radius 3 is 1.78 bits per heavy atom. The monoisotopic (exact) mass is 376 g/mol. The topological polar surface area (TPSA) is 38.7 Å². The van der Waals surface area contributed by atoms with Gasteiger partial charge in [-0.15, -0.1) is 23.5 Å². The van der Waals surface area contributed by atoms with E-state index in [9.17, 15) is 5.11 Å². The maximum absolute atomic E-state index is 10.1. The molecule has 23 heavy (non-hydrogen) atoms. The van der Waals surface area contributed by atoms with Gasteiger partial charge in [-0.25, -0.2) is 0 Å². The third-order valence-electron chi connectivity index (χ3n) is 3.35. The zero-order valence-corrected chi connectivity index (χ0v) is 17.1. The van der Waals surface area contributed by atoms with E-state index in [0.717, 1.165) is 29.2 Å². The third kappa shape index (κ3) is 6.24. The van der Waals surface area contributed by atoms with Crippen molar-refractivity contribution in [3.05, 3.63) is 17.7 Å². The van der Waals surface area contributed by atoms with Gasteiger partial charge in [-0.05, 0) is 41.4 Å². The van der Waals surface area contributed by atoms with E-state index in [-0.39, 0.29) is 5.75 Å². The number of aromatic hydroxyl groups is 1. The first kappa shape index (κ1) is 20.7. The molecule has 3 nitrogen and oxygen atoms in total. The van der Waals surface area contributed by atoms with E-state index in [1.165, 1.54) is 0 Å². The summed E-state index contributed by atoms with van der Waals surface area (Å²) < 4.78 is 11.2. The highest BCUT2D eigenvalue weighted by Gasteiger charge is 2.21. The molecule has 0 aliphatic rings. The Hall–Kier alpha value is -0.330. The van der Waals surface area contributed by atoms with Gasteiger partial charge in [0, 0.05) is 5.25 Å². The van der Waals surface area contributed by atoms with Crippen LogP contribution < -0.4 is 9.47 Å². The molecule has 0 saturated heterocycles. The van der Waals surface area contributed by atoms with E-state index >= 15 is 0 Å². The van der Waals surface area contributed by atoms with Crippen LogP contribution in [-0.4, -0.2) is 41.2 Å². The van der Waals surface area contributed by atoms with E-state index in [4.69, 9.17) is 9.47 Å². The zero-order chi connectivity index (χ0) is 17.2. The molecule has 0 aromatic heterocycles. The third-order valence-corrected chi connectivity index (χ3v) is 7.17. The lowest BCUT2D eigenvalue weighted by Crippen LogP contribution is -2.06. The number of hydrogen-bond donors (Lipinski definition) is 1. The van der Waals surface area contributed by atoms with Gasteiger partial charge < -0.3 is 14.6 Å². The Labute approximate surface area is 153 Å². The van der Waals surface area contributed by atoms with E-state index in [2.05, 4.69) is 20.8 Å². The molecule has 1 aromatic rings. The lowest BCUT2D eigenvalue weighted by molar-refractivity contribution is 0.339. The fourth-order valence-corrected chi connectivity index (χ4v) is 6.24. The molecule has 1 rings (SSSR count). The zero-order valence-electron chi connectivity index (χ0n) is 14.6. The molecule has 0 spiro atoms. The predicted molar refractivity (Wildman–Crippen MR) is 107 cm³/mol. The fraction of sp³-hybridized carbons (Fsp3) is 0.647. The minimum atomic E-state index is 0.0708. The summed E-state index contributed by atoms with van der Waals surface area (Å²) in [7, 11) is 3.14. The van der Waals surface area contributed by atoms with Gasteiger partial charge in [0.05, 0.1) is 18.8 Å². The number of thioether (sulfide) groups is 3. The largest absolute Gasteiger partial charge is 0.502 e. The molecule has 0 saturated carbocycles. The SMILES string of the molecule is CCSC(CC(SCC)c1cc(OC)c(O)c(OC)c1)SCC. The molecule has 0 aliphatic heterocycles. The van der Waals surface area contributed by atoms with Crippen molar-refractivity contribution in [2.75, 3.05) is 31.5 Å². The summed E-state index contributed by atoms with van der Waals surface area (Å²) in [6, 6.07) is 3.88. The average molecular weight is 377 g/mol. The van der Waals surface area contributed by atoms with Crippen LogP contribution in [0.25, 0.3) is 0 Å². The van der Waals surface area contributed by atoms with Gasteiger partial charge in [0.1, 0.15) is 0 Å². The Morgan fingerprint density at radius 1 is 0.913 bits per heavy atom. The molecule has 0 amide bonds. The molecule has 1 atom stereocenters. The van der Waals surface area contributed by atoms with Crippen LogP contribution in [0.15, 0.2) is 12.1 Å². The number of rotatable bonds is 11. The summed E-state index contributed by atoms with van der Waals surface area (Å²) in [5.41, 5.74) is 1.15. The van der Waals surface area contributed by atoms with Gasteiger partial charge in [-0.3, -0.25) is 0 Å². The summed E-state index contributed by atoms with van der Waals surface area (Å²) >= 11 is 5.96. The highest BCUT2D eigenvalue weighted by atomic mass is 32.2. The van der Waals surface area contributed by atoms with Crippen LogP contribution in [0.5, 0.6) is 17.2 Å². The number of phenols is 1. The molecule has 1 aromatic carbocycles. The summed E-state index contributed by atoms with van der Waals surface area (Å²) in [4.78, 5) is 0. The molecular weight excluding hydrogens is 348 g/mol. The Morgan fingerprint density at radius 2 is 1.39 bits per heavy atom. The van der Waals surface area contributed by atoms with Gasteiger partial charge in [0.2, 0.25) is 5.75 Å². The Bertz CT molecular complexity index is 437. The number of phenolic OH excluding ortho intramolecular Hbond substituents is 1. The van der Waals surface area contributed by atoms with Crippen LogP contribution in [0.3, 0.4) is 0 Å². The predicted octanol–water partition coefficient (Wildman–Crippen LogP) is 5.43. The van der Waals surface area contributed by atoms with Crippen molar-refractivity contribution in [2.24, 2.45) is 0 Å². The van der Waals surface area contributed by atoms with E-state index in [1.807, 2.05) is 47.4 Å².